The van der Waals surface area contributed by atoms with E-state index in [1.165, 1.54) is 4.90 Å². The molecule has 1 heterocycles. The summed E-state index contributed by atoms with van der Waals surface area (Å²) in [6.07, 6.45) is 5.39. The molecule has 2 saturated carbocycles. The van der Waals surface area contributed by atoms with E-state index < -0.39 is 0 Å². The van der Waals surface area contributed by atoms with Crippen LogP contribution in [0.4, 0.5) is 5.69 Å². The zero-order chi connectivity index (χ0) is 22.0. The summed E-state index contributed by atoms with van der Waals surface area (Å²) < 4.78 is 5.81. The maximum atomic E-state index is 13.0. The molecule has 2 bridgehead atoms. The normalized spacial score (nSPS) is 31.3. The Hall–Kier alpha value is -3.41. The molecule has 3 fully saturated rings. The largest absolute Gasteiger partial charge is 0.457 e. The fraction of sp³-hybridized carbons (Fsp3) is 0.346. The van der Waals surface area contributed by atoms with Gasteiger partial charge in [-0.25, -0.2) is 0 Å². The Morgan fingerprint density at radius 1 is 0.906 bits per heavy atom. The molecule has 1 aliphatic heterocycles. The van der Waals surface area contributed by atoms with Crippen molar-refractivity contribution in [2.24, 2.45) is 35.5 Å². The summed E-state index contributed by atoms with van der Waals surface area (Å²) in [5, 5.41) is 2.79. The molecule has 4 aliphatic carbocycles. The Morgan fingerprint density at radius 2 is 1.44 bits per heavy atom. The number of ether oxygens (including phenoxy) is 1. The molecule has 0 aromatic heterocycles. The molecule has 0 spiro atoms. The second kappa shape index (κ2) is 7.05. The van der Waals surface area contributed by atoms with Crippen molar-refractivity contribution >= 4 is 23.4 Å². The summed E-state index contributed by atoms with van der Waals surface area (Å²) in [5.74, 6) is 1.56. The fourth-order valence-electron chi connectivity index (χ4n) is 5.87. The monoisotopic (exact) mass is 428 g/mol. The lowest BCUT2D eigenvalue weighted by atomic mass is 9.63. The Labute approximate surface area is 186 Å². The molecule has 0 radical (unpaired) electrons. The molecule has 2 aromatic rings. The van der Waals surface area contributed by atoms with E-state index >= 15 is 0 Å². The van der Waals surface area contributed by atoms with Crippen molar-refractivity contribution in [2.45, 2.75) is 13.3 Å². The Kier molecular flexibility index (Phi) is 4.25. The molecule has 6 heteroatoms. The van der Waals surface area contributed by atoms with Gasteiger partial charge in [-0.15, -0.1) is 0 Å². The number of carbonyl (C=O) groups excluding carboxylic acids is 3. The molecule has 6 atom stereocenters. The van der Waals surface area contributed by atoms with Crippen LogP contribution in [0.3, 0.4) is 0 Å². The Morgan fingerprint density at radius 3 is 2.00 bits per heavy atom. The highest BCUT2D eigenvalue weighted by Crippen LogP contribution is 2.65. The second-order valence-corrected chi connectivity index (χ2v) is 9.40. The van der Waals surface area contributed by atoms with Crippen LogP contribution in [0.15, 0.2) is 60.7 Å². The average molecular weight is 428 g/mol. The molecule has 1 saturated heterocycles. The van der Waals surface area contributed by atoms with Crippen LogP contribution in [0.2, 0.25) is 0 Å². The van der Waals surface area contributed by atoms with Crippen LogP contribution in [0.25, 0.3) is 0 Å². The van der Waals surface area contributed by atoms with Crippen molar-refractivity contribution in [3.8, 4) is 11.5 Å². The third kappa shape index (κ3) is 3.05. The van der Waals surface area contributed by atoms with E-state index in [-0.39, 0.29) is 47.9 Å². The summed E-state index contributed by atoms with van der Waals surface area (Å²) in [6.45, 7) is 1.78. The van der Waals surface area contributed by atoms with Crippen molar-refractivity contribution in [1.82, 2.24) is 4.90 Å². The third-order valence-corrected chi connectivity index (χ3v) is 7.45. The van der Waals surface area contributed by atoms with Gasteiger partial charge in [-0.3, -0.25) is 19.3 Å². The standard InChI is InChI=1S/C26H24N2O4/c1-14-2-6-16(7-3-14)32-17-8-4-15(5-9-17)27-22(29)13-28-25(30)23-18-10-11-19(21-12-20(18)21)24(23)26(28)31/h2-11,18-21,23-24H,12-13H2,1H3,(H,27,29). The lowest BCUT2D eigenvalue weighted by Crippen LogP contribution is -2.40. The number of amides is 3. The van der Waals surface area contributed by atoms with Crippen LogP contribution < -0.4 is 10.1 Å². The number of allylic oxidation sites excluding steroid dienone is 2. The van der Waals surface area contributed by atoms with Crippen LogP contribution in [0.5, 0.6) is 11.5 Å². The number of hydrogen-bond donors (Lipinski definition) is 1. The van der Waals surface area contributed by atoms with Gasteiger partial charge in [0.15, 0.2) is 0 Å². The van der Waals surface area contributed by atoms with Crippen molar-refractivity contribution in [2.75, 3.05) is 11.9 Å². The number of anilines is 1. The number of nitrogens with one attached hydrogen (secondary N) is 1. The van der Waals surface area contributed by atoms with Crippen LogP contribution in [0, 0.1) is 42.4 Å². The zero-order valence-corrected chi connectivity index (χ0v) is 17.7. The first kappa shape index (κ1) is 19.3. The van der Waals surface area contributed by atoms with Crippen LogP contribution in [-0.4, -0.2) is 29.2 Å². The Bertz CT molecular complexity index is 1100. The van der Waals surface area contributed by atoms with E-state index in [1.54, 1.807) is 24.3 Å². The molecular formula is C26H24N2O4. The molecule has 1 N–H and O–H groups in total. The molecule has 7 rings (SSSR count). The fourth-order valence-corrected chi connectivity index (χ4v) is 5.87. The van der Waals surface area contributed by atoms with Crippen molar-refractivity contribution in [3.63, 3.8) is 0 Å². The quantitative estimate of drug-likeness (QED) is 0.581. The van der Waals surface area contributed by atoms with E-state index in [4.69, 9.17) is 4.74 Å². The van der Waals surface area contributed by atoms with E-state index in [1.807, 2.05) is 31.2 Å². The molecule has 6 unspecified atom stereocenters. The second-order valence-electron chi connectivity index (χ2n) is 9.40. The van der Waals surface area contributed by atoms with Crippen LogP contribution in [-0.2, 0) is 14.4 Å². The number of rotatable bonds is 5. The lowest BCUT2D eigenvalue weighted by Gasteiger charge is -2.37. The summed E-state index contributed by atoms with van der Waals surface area (Å²) >= 11 is 0. The maximum Gasteiger partial charge on any atom is 0.244 e. The number of carbonyl (C=O) groups is 3. The van der Waals surface area contributed by atoms with E-state index in [0.29, 0.717) is 23.3 Å². The van der Waals surface area contributed by atoms with Gasteiger partial charge >= 0.3 is 0 Å². The smallest absolute Gasteiger partial charge is 0.244 e. The summed E-state index contributed by atoms with van der Waals surface area (Å²) in [6, 6.07) is 14.8. The minimum absolute atomic E-state index is 0.167. The number of nitrogens with zero attached hydrogens (tertiary/aromatic N) is 1. The summed E-state index contributed by atoms with van der Waals surface area (Å²) in [5.41, 5.74) is 1.75. The number of likely N-dealkylation sites (tertiary alicyclic amines) is 1. The van der Waals surface area contributed by atoms with Gasteiger partial charge in [-0.05, 0) is 73.4 Å². The zero-order valence-electron chi connectivity index (χ0n) is 17.7. The van der Waals surface area contributed by atoms with Gasteiger partial charge in [-0.1, -0.05) is 29.8 Å². The van der Waals surface area contributed by atoms with E-state index in [9.17, 15) is 14.4 Å². The van der Waals surface area contributed by atoms with Gasteiger partial charge in [0.2, 0.25) is 17.7 Å². The van der Waals surface area contributed by atoms with Gasteiger partial charge in [0.25, 0.3) is 0 Å². The highest BCUT2D eigenvalue weighted by atomic mass is 16.5. The number of benzene rings is 2. The predicted octanol–water partition coefficient (Wildman–Crippen LogP) is 3.78. The number of hydrogen-bond acceptors (Lipinski definition) is 4. The van der Waals surface area contributed by atoms with Crippen molar-refractivity contribution in [3.05, 3.63) is 66.2 Å². The highest BCUT2D eigenvalue weighted by Gasteiger charge is 2.67. The SMILES string of the molecule is Cc1ccc(Oc2ccc(NC(=O)CN3C(=O)C4C5C=CC(C6CC56)C4C3=O)cc2)cc1. The summed E-state index contributed by atoms with van der Waals surface area (Å²) in [4.78, 5) is 39.8. The van der Waals surface area contributed by atoms with Gasteiger partial charge in [-0.2, -0.15) is 0 Å². The molecule has 162 valence electrons. The number of imide groups is 1. The maximum absolute atomic E-state index is 13.0. The minimum atomic E-state index is -0.372. The van der Waals surface area contributed by atoms with Gasteiger partial charge < -0.3 is 10.1 Å². The van der Waals surface area contributed by atoms with E-state index in [2.05, 4.69) is 17.5 Å². The minimum Gasteiger partial charge on any atom is -0.457 e. The molecule has 5 aliphatic rings. The van der Waals surface area contributed by atoms with E-state index in [0.717, 1.165) is 17.7 Å². The topological polar surface area (TPSA) is 75.7 Å². The number of aryl methyl sites for hydroxylation is 1. The first-order valence-electron chi connectivity index (χ1n) is 11.2. The Balaban J connectivity index is 1.09. The predicted molar refractivity (Wildman–Crippen MR) is 118 cm³/mol. The van der Waals surface area contributed by atoms with Gasteiger partial charge in [0.05, 0.1) is 11.8 Å². The molecule has 2 aromatic carbocycles. The highest BCUT2D eigenvalue weighted by molar-refractivity contribution is 6.09. The van der Waals surface area contributed by atoms with Gasteiger partial charge in [0, 0.05) is 5.69 Å². The van der Waals surface area contributed by atoms with Crippen LogP contribution in [0.1, 0.15) is 12.0 Å². The molecular weight excluding hydrogens is 404 g/mol. The molecule has 32 heavy (non-hydrogen) atoms. The first-order valence-corrected chi connectivity index (χ1v) is 11.2. The van der Waals surface area contributed by atoms with Crippen molar-refractivity contribution in [1.29, 1.82) is 0 Å². The van der Waals surface area contributed by atoms with Gasteiger partial charge in [0.1, 0.15) is 18.0 Å². The molecule has 6 nitrogen and oxygen atoms in total. The van der Waals surface area contributed by atoms with Crippen molar-refractivity contribution < 1.29 is 19.1 Å². The third-order valence-electron chi connectivity index (χ3n) is 7.45. The lowest BCUT2D eigenvalue weighted by molar-refractivity contribution is -0.142. The summed E-state index contributed by atoms with van der Waals surface area (Å²) in [7, 11) is 0. The molecule has 3 amide bonds. The van der Waals surface area contributed by atoms with Crippen LogP contribution >= 0.6 is 0 Å². The average Bonchev–Trinajstić information content (AvgIpc) is 3.58. The first-order chi connectivity index (χ1) is 15.5.